The average molecular weight is 413 g/mol. The van der Waals surface area contributed by atoms with Crippen LogP contribution in [0.25, 0.3) is 11.4 Å². The van der Waals surface area contributed by atoms with Crippen molar-refractivity contribution in [1.82, 2.24) is 15.5 Å². The van der Waals surface area contributed by atoms with Crippen LogP contribution >= 0.6 is 11.3 Å². The van der Waals surface area contributed by atoms with Crippen molar-refractivity contribution in [2.75, 3.05) is 31.6 Å². The first kappa shape index (κ1) is 19.4. The van der Waals surface area contributed by atoms with E-state index in [0.717, 1.165) is 43.7 Å². The second-order valence-electron chi connectivity index (χ2n) is 7.06. The van der Waals surface area contributed by atoms with Gasteiger partial charge in [-0.2, -0.15) is 16.3 Å². The number of hydrogen-bond donors (Lipinski definition) is 1. The van der Waals surface area contributed by atoms with E-state index in [2.05, 4.69) is 37.2 Å². The van der Waals surface area contributed by atoms with Crippen LogP contribution < -0.4 is 15.0 Å². The summed E-state index contributed by atoms with van der Waals surface area (Å²) in [6.45, 7) is 2.14. The van der Waals surface area contributed by atoms with E-state index in [0.29, 0.717) is 18.4 Å². The largest absolute Gasteiger partial charge is 0.497 e. The van der Waals surface area contributed by atoms with Crippen LogP contribution in [0.5, 0.6) is 5.75 Å². The fourth-order valence-corrected chi connectivity index (χ4v) is 4.15. The molecule has 0 aliphatic carbocycles. The molecule has 0 saturated carbocycles. The molecule has 1 amide bonds. The van der Waals surface area contributed by atoms with Crippen molar-refractivity contribution in [3.05, 3.63) is 46.7 Å². The Hall–Kier alpha value is -2.87. The third kappa shape index (κ3) is 4.76. The summed E-state index contributed by atoms with van der Waals surface area (Å²) in [6, 6.07) is 10.1. The number of amides is 1. The third-order valence-corrected chi connectivity index (χ3v) is 5.92. The van der Waals surface area contributed by atoms with Gasteiger partial charge in [0.15, 0.2) is 0 Å². The number of anilines is 1. The van der Waals surface area contributed by atoms with E-state index in [4.69, 9.17) is 9.26 Å². The predicted molar refractivity (Wildman–Crippen MR) is 112 cm³/mol. The van der Waals surface area contributed by atoms with E-state index in [-0.39, 0.29) is 11.8 Å². The number of aromatic nitrogens is 2. The van der Waals surface area contributed by atoms with Crippen molar-refractivity contribution in [3.63, 3.8) is 0 Å². The van der Waals surface area contributed by atoms with Crippen LogP contribution in [0.1, 0.15) is 18.4 Å². The number of rotatable bonds is 7. The van der Waals surface area contributed by atoms with Crippen LogP contribution in [0.3, 0.4) is 0 Å². The number of ether oxygens (including phenoxy) is 1. The lowest BCUT2D eigenvalue weighted by Crippen LogP contribution is -2.41. The topological polar surface area (TPSA) is 80.5 Å². The lowest BCUT2D eigenvalue weighted by atomic mass is 9.96. The predicted octanol–water partition coefficient (Wildman–Crippen LogP) is 3.38. The van der Waals surface area contributed by atoms with Crippen LogP contribution in [0.15, 0.2) is 45.6 Å². The number of methoxy groups -OCH3 is 1. The zero-order valence-electron chi connectivity index (χ0n) is 16.3. The monoisotopic (exact) mass is 412 g/mol. The number of nitrogens with one attached hydrogen (secondary N) is 1. The van der Waals surface area contributed by atoms with Gasteiger partial charge in [0.2, 0.25) is 11.7 Å². The van der Waals surface area contributed by atoms with Crippen LogP contribution in [0.2, 0.25) is 0 Å². The van der Waals surface area contributed by atoms with Gasteiger partial charge in [0, 0.05) is 31.1 Å². The van der Waals surface area contributed by atoms with Crippen molar-refractivity contribution in [2.24, 2.45) is 5.92 Å². The molecular formula is C21H24N4O3S. The Balaban J connectivity index is 1.27. The summed E-state index contributed by atoms with van der Waals surface area (Å²) >= 11 is 1.68. The molecule has 1 aromatic carbocycles. The molecule has 3 heterocycles. The molecule has 0 atom stereocenters. The maximum absolute atomic E-state index is 12.4. The number of piperidine rings is 1. The number of nitrogens with zero attached hydrogens (tertiary/aromatic N) is 3. The van der Waals surface area contributed by atoms with Crippen LogP contribution in [-0.4, -0.2) is 42.8 Å². The molecule has 0 spiro atoms. The first-order chi connectivity index (χ1) is 14.2. The van der Waals surface area contributed by atoms with E-state index in [9.17, 15) is 4.79 Å². The highest BCUT2D eigenvalue weighted by Gasteiger charge is 2.27. The smallest absolute Gasteiger partial charge is 0.324 e. The van der Waals surface area contributed by atoms with Gasteiger partial charge >= 0.3 is 6.01 Å². The van der Waals surface area contributed by atoms with E-state index in [1.54, 1.807) is 18.4 Å². The number of carbonyl (C=O) groups is 1. The maximum Gasteiger partial charge on any atom is 0.324 e. The van der Waals surface area contributed by atoms with Gasteiger partial charge in [-0.15, -0.1) is 0 Å². The van der Waals surface area contributed by atoms with E-state index in [1.807, 2.05) is 24.3 Å². The summed E-state index contributed by atoms with van der Waals surface area (Å²) < 4.78 is 10.6. The van der Waals surface area contributed by atoms with Gasteiger partial charge in [0.25, 0.3) is 0 Å². The van der Waals surface area contributed by atoms with Crippen LogP contribution in [0.4, 0.5) is 6.01 Å². The molecule has 1 aliphatic rings. The van der Waals surface area contributed by atoms with Crippen LogP contribution in [-0.2, 0) is 11.2 Å². The number of benzene rings is 1. The van der Waals surface area contributed by atoms with Crippen molar-refractivity contribution in [1.29, 1.82) is 0 Å². The zero-order chi connectivity index (χ0) is 20.1. The Morgan fingerprint density at radius 2 is 2.07 bits per heavy atom. The Morgan fingerprint density at radius 3 is 2.76 bits per heavy atom. The van der Waals surface area contributed by atoms with Gasteiger partial charge < -0.3 is 19.5 Å². The summed E-state index contributed by atoms with van der Waals surface area (Å²) in [5.74, 6) is 1.52. The highest BCUT2D eigenvalue weighted by Crippen LogP contribution is 2.25. The maximum atomic E-state index is 12.4. The van der Waals surface area contributed by atoms with Gasteiger partial charge in [0.1, 0.15) is 5.75 Å². The summed E-state index contributed by atoms with van der Waals surface area (Å²) in [5.41, 5.74) is 2.15. The Bertz CT molecular complexity index is 916. The van der Waals surface area contributed by atoms with Gasteiger partial charge in [0.05, 0.1) is 7.11 Å². The molecule has 0 unspecified atom stereocenters. The minimum Gasteiger partial charge on any atom is -0.497 e. The highest BCUT2D eigenvalue weighted by atomic mass is 32.1. The molecule has 0 bridgehead atoms. The molecule has 7 nitrogen and oxygen atoms in total. The van der Waals surface area contributed by atoms with Crippen molar-refractivity contribution < 1.29 is 14.1 Å². The molecule has 8 heteroatoms. The molecule has 2 aromatic heterocycles. The minimum absolute atomic E-state index is 0.0395. The molecule has 29 heavy (non-hydrogen) atoms. The van der Waals surface area contributed by atoms with E-state index >= 15 is 0 Å². The lowest BCUT2D eigenvalue weighted by Gasteiger charge is -2.29. The SMILES string of the molecule is COc1ccc(-c2noc(N3CCC(C(=O)NCCc4ccsc4)CC3)n2)cc1. The molecular weight excluding hydrogens is 388 g/mol. The molecule has 1 saturated heterocycles. The lowest BCUT2D eigenvalue weighted by molar-refractivity contribution is -0.125. The Labute approximate surface area is 173 Å². The van der Waals surface area contributed by atoms with Gasteiger partial charge in [-0.1, -0.05) is 5.16 Å². The molecule has 4 rings (SSSR count). The standard InChI is InChI=1S/C21H24N4O3S/c1-27-18-4-2-16(3-5-18)19-23-21(28-24-19)25-11-7-17(8-12-25)20(26)22-10-6-15-9-13-29-14-15/h2-5,9,13-14,17H,6-8,10-12H2,1H3,(H,22,26). The molecule has 1 aliphatic heterocycles. The third-order valence-electron chi connectivity index (χ3n) is 5.19. The summed E-state index contributed by atoms with van der Waals surface area (Å²) in [7, 11) is 1.63. The zero-order valence-corrected chi connectivity index (χ0v) is 17.2. The average Bonchev–Trinajstić information content (AvgIpc) is 3.46. The summed E-state index contributed by atoms with van der Waals surface area (Å²) in [5, 5.41) is 11.3. The van der Waals surface area contributed by atoms with Gasteiger partial charge in [-0.05, 0) is 65.9 Å². The molecule has 1 N–H and O–H groups in total. The number of thiophene rings is 1. The fraction of sp³-hybridized carbons (Fsp3) is 0.381. The fourth-order valence-electron chi connectivity index (χ4n) is 3.44. The number of hydrogen-bond acceptors (Lipinski definition) is 7. The van der Waals surface area contributed by atoms with Crippen molar-refractivity contribution in [3.8, 4) is 17.1 Å². The van der Waals surface area contributed by atoms with Gasteiger partial charge in [-0.3, -0.25) is 4.79 Å². The minimum atomic E-state index is 0.0395. The first-order valence-corrected chi connectivity index (χ1v) is 10.7. The molecule has 3 aromatic rings. The van der Waals surface area contributed by atoms with Crippen LogP contribution in [0, 0.1) is 5.92 Å². The Morgan fingerprint density at radius 1 is 1.28 bits per heavy atom. The second-order valence-corrected chi connectivity index (χ2v) is 7.84. The van der Waals surface area contributed by atoms with Crippen molar-refractivity contribution >= 4 is 23.3 Å². The Kier molecular flexibility index (Phi) is 6.09. The van der Waals surface area contributed by atoms with E-state index in [1.165, 1.54) is 5.56 Å². The summed E-state index contributed by atoms with van der Waals surface area (Å²) in [4.78, 5) is 19.0. The van der Waals surface area contributed by atoms with Crippen molar-refractivity contribution in [2.45, 2.75) is 19.3 Å². The molecule has 0 radical (unpaired) electrons. The number of carbonyl (C=O) groups excluding carboxylic acids is 1. The quantitative estimate of drug-likeness (QED) is 0.641. The van der Waals surface area contributed by atoms with E-state index < -0.39 is 0 Å². The molecule has 152 valence electrons. The molecule has 1 fully saturated rings. The first-order valence-electron chi connectivity index (χ1n) is 9.75. The normalized spacial score (nSPS) is 14.7. The van der Waals surface area contributed by atoms with Gasteiger partial charge in [-0.25, -0.2) is 0 Å². The highest BCUT2D eigenvalue weighted by molar-refractivity contribution is 7.07. The summed E-state index contributed by atoms with van der Waals surface area (Å²) in [6.07, 6.45) is 2.44. The second kappa shape index (κ2) is 9.09.